The molecule has 0 aliphatic heterocycles. The standard InChI is InChI=1S/C18H15ClN4O/c1-10-6-4-7-12(19)15(10)18-22-21-17-11(2)20-16-13(23(17)18)8-5-9-14(16)24-3/h4-9H,1-3H3. The summed E-state index contributed by atoms with van der Waals surface area (Å²) in [6, 6.07) is 11.6. The lowest BCUT2D eigenvalue weighted by Crippen LogP contribution is -2.00. The number of hydrogen-bond acceptors (Lipinski definition) is 4. The summed E-state index contributed by atoms with van der Waals surface area (Å²) in [5, 5.41) is 9.38. The number of para-hydroxylation sites is 1. The first-order valence-corrected chi connectivity index (χ1v) is 7.93. The van der Waals surface area contributed by atoms with Crippen molar-refractivity contribution in [1.29, 1.82) is 0 Å². The smallest absolute Gasteiger partial charge is 0.183 e. The average Bonchev–Trinajstić information content (AvgIpc) is 3.00. The molecule has 0 bridgehead atoms. The Labute approximate surface area is 143 Å². The molecule has 2 heterocycles. The summed E-state index contributed by atoms with van der Waals surface area (Å²) < 4.78 is 7.45. The monoisotopic (exact) mass is 338 g/mol. The Balaban J connectivity index is 2.20. The van der Waals surface area contributed by atoms with Crippen LogP contribution in [0.15, 0.2) is 36.4 Å². The van der Waals surface area contributed by atoms with Crippen LogP contribution in [0.25, 0.3) is 28.1 Å². The van der Waals surface area contributed by atoms with Crippen molar-refractivity contribution < 1.29 is 4.74 Å². The Bertz CT molecular complexity index is 1070. The molecule has 0 radical (unpaired) electrons. The molecular weight excluding hydrogens is 324 g/mol. The summed E-state index contributed by atoms with van der Waals surface area (Å²) in [5.74, 6) is 1.42. The zero-order valence-electron chi connectivity index (χ0n) is 13.5. The van der Waals surface area contributed by atoms with Crippen LogP contribution in [0.5, 0.6) is 5.75 Å². The van der Waals surface area contributed by atoms with Crippen molar-refractivity contribution in [2.75, 3.05) is 7.11 Å². The fourth-order valence-corrected chi connectivity index (χ4v) is 3.32. The third kappa shape index (κ3) is 2.05. The van der Waals surface area contributed by atoms with Crippen LogP contribution in [0.3, 0.4) is 0 Å². The van der Waals surface area contributed by atoms with Gasteiger partial charge in [-0.25, -0.2) is 4.98 Å². The van der Waals surface area contributed by atoms with Crippen LogP contribution in [-0.4, -0.2) is 26.7 Å². The van der Waals surface area contributed by atoms with Crippen LogP contribution in [-0.2, 0) is 0 Å². The van der Waals surface area contributed by atoms with Gasteiger partial charge in [-0.3, -0.25) is 4.40 Å². The maximum atomic E-state index is 6.45. The highest BCUT2D eigenvalue weighted by atomic mass is 35.5. The zero-order valence-corrected chi connectivity index (χ0v) is 14.3. The second-order valence-electron chi connectivity index (χ2n) is 5.64. The van der Waals surface area contributed by atoms with E-state index in [4.69, 9.17) is 16.3 Å². The summed E-state index contributed by atoms with van der Waals surface area (Å²) in [5.41, 5.74) is 5.08. The zero-order chi connectivity index (χ0) is 16.8. The van der Waals surface area contributed by atoms with E-state index >= 15 is 0 Å². The molecule has 0 aliphatic carbocycles. The minimum absolute atomic E-state index is 0.648. The Morgan fingerprint density at radius 3 is 2.58 bits per heavy atom. The summed E-state index contributed by atoms with van der Waals surface area (Å²) in [6.07, 6.45) is 0. The third-order valence-corrected chi connectivity index (χ3v) is 4.47. The van der Waals surface area contributed by atoms with Crippen molar-refractivity contribution >= 4 is 28.3 Å². The number of hydrogen-bond donors (Lipinski definition) is 0. The molecule has 24 heavy (non-hydrogen) atoms. The highest BCUT2D eigenvalue weighted by molar-refractivity contribution is 6.33. The first kappa shape index (κ1) is 14.9. The molecule has 0 spiro atoms. The fourth-order valence-electron chi connectivity index (χ4n) is 3.01. The number of nitrogens with zero attached hydrogens (tertiary/aromatic N) is 4. The van der Waals surface area contributed by atoms with E-state index in [0.29, 0.717) is 22.2 Å². The second-order valence-corrected chi connectivity index (χ2v) is 6.05. The van der Waals surface area contributed by atoms with Gasteiger partial charge >= 0.3 is 0 Å². The van der Waals surface area contributed by atoms with Crippen molar-refractivity contribution in [2.24, 2.45) is 0 Å². The van der Waals surface area contributed by atoms with E-state index in [9.17, 15) is 0 Å². The predicted octanol–water partition coefficient (Wildman–Crippen LogP) is 4.22. The van der Waals surface area contributed by atoms with E-state index in [-0.39, 0.29) is 0 Å². The van der Waals surface area contributed by atoms with Gasteiger partial charge in [0.1, 0.15) is 11.3 Å². The van der Waals surface area contributed by atoms with Gasteiger partial charge < -0.3 is 4.74 Å². The number of methoxy groups -OCH3 is 1. The molecule has 0 saturated carbocycles. The van der Waals surface area contributed by atoms with E-state index in [2.05, 4.69) is 15.2 Å². The Kier molecular flexibility index (Phi) is 3.39. The number of halogens is 1. The first-order chi connectivity index (χ1) is 11.6. The van der Waals surface area contributed by atoms with Crippen molar-refractivity contribution in [3.8, 4) is 17.1 Å². The number of aromatic nitrogens is 4. The van der Waals surface area contributed by atoms with Crippen molar-refractivity contribution in [1.82, 2.24) is 19.6 Å². The Morgan fingerprint density at radius 2 is 1.83 bits per heavy atom. The van der Waals surface area contributed by atoms with Gasteiger partial charge in [0.05, 0.1) is 23.3 Å². The van der Waals surface area contributed by atoms with Crippen molar-refractivity contribution in [3.63, 3.8) is 0 Å². The fraction of sp³-hybridized carbons (Fsp3) is 0.167. The van der Waals surface area contributed by atoms with Crippen molar-refractivity contribution in [3.05, 3.63) is 52.7 Å². The molecular formula is C18H15ClN4O. The molecule has 0 unspecified atom stereocenters. The minimum Gasteiger partial charge on any atom is -0.494 e. The van der Waals surface area contributed by atoms with Crippen LogP contribution in [0.1, 0.15) is 11.3 Å². The summed E-state index contributed by atoms with van der Waals surface area (Å²) in [7, 11) is 1.64. The highest BCUT2D eigenvalue weighted by Gasteiger charge is 2.19. The number of aryl methyl sites for hydroxylation is 2. The molecule has 2 aromatic carbocycles. The summed E-state index contributed by atoms with van der Waals surface area (Å²) in [4.78, 5) is 4.65. The van der Waals surface area contributed by atoms with Crippen LogP contribution in [0.2, 0.25) is 5.02 Å². The van der Waals surface area contributed by atoms with Crippen LogP contribution in [0, 0.1) is 13.8 Å². The molecule has 4 rings (SSSR count). The third-order valence-electron chi connectivity index (χ3n) is 4.15. The van der Waals surface area contributed by atoms with Gasteiger partial charge in [-0.15, -0.1) is 10.2 Å². The van der Waals surface area contributed by atoms with Gasteiger partial charge in [0.2, 0.25) is 0 Å². The molecule has 0 amide bonds. The largest absolute Gasteiger partial charge is 0.494 e. The molecule has 0 atom stereocenters. The van der Waals surface area contributed by atoms with Crippen LogP contribution >= 0.6 is 11.6 Å². The number of ether oxygens (including phenoxy) is 1. The van der Waals surface area contributed by atoms with Gasteiger partial charge in [-0.1, -0.05) is 29.8 Å². The molecule has 120 valence electrons. The van der Waals surface area contributed by atoms with E-state index < -0.39 is 0 Å². The lowest BCUT2D eigenvalue weighted by atomic mass is 10.1. The topological polar surface area (TPSA) is 52.3 Å². The van der Waals surface area contributed by atoms with Gasteiger partial charge in [0.25, 0.3) is 0 Å². The number of rotatable bonds is 2. The molecule has 2 aromatic heterocycles. The normalized spacial score (nSPS) is 11.3. The maximum Gasteiger partial charge on any atom is 0.183 e. The molecule has 0 N–H and O–H groups in total. The predicted molar refractivity (Wildman–Crippen MR) is 94.8 cm³/mol. The molecule has 5 nitrogen and oxygen atoms in total. The summed E-state index contributed by atoms with van der Waals surface area (Å²) >= 11 is 6.45. The van der Waals surface area contributed by atoms with Gasteiger partial charge in [-0.05, 0) is 37.6 Å². The number of fused-ring (bicyclic) bond motifs is 3. The number of benzene rings is 2. The first-order valence-electron chi connectivity index (χ1n) is 7.55. The SMILES string of the molecule is COc1cccc2c1nc(C)c1nnc(-c3c(C)cccc3Cl)n12. The van der Waals surface area contributed by atoms with Gasteiger partial charge in [0.15, 0.2) is 11.5 Å². The van der Waals surface area contributed by atoms with E-state index in [1.165, 1.54) is 0 Å². The Morgan fingerprint density at radius 1 is 1.04 bits per heavy atom. The molecule has 4 aromatic rings. The Hall–Kier alpha value is -2.66. The average molecular weight is 339 g/mol. The van der Waals surface area contributed by atoms with Crippen LogP contribution in [0.4, 0.5) is 0 Å². The van der Waals surface area contributed by atoms with Gasteiger partial charge in [-0.2, -0.15) is 0 Å². The molecule has 6 heteroatoms. The van der Waals surface area contributed by atoms with Crippen LogP contribution < -0.4 is 4.74 Å². The van der Waals surface area contributed by atoms with Gasteiger partial charge in [0, 0.05) is 5.56 Å². The lowest BCUT2D eigenvalue weighted by Gasteiger charge is -2.11. The maximum absolute atomic E-state index is 6.45. The quantitative estimate of drug-likeness (QED) is 0.549. The lowest BCUT2D eigenvalue weighted by molar-refractivity contribution is 0.418. The molecule has 0 aliphatic rings. The molecule has 0 fully saturated rings. The second kappa shape index (κ2) is 5.46. The molecule has 0 saturated heterocycles. The summed E-state index contributed by atoms with van der Waals surface area (Å²) in [6.45, 7) is 3.93. The van der Waals surface area contributed by atoms with Crippen molar-refractivity contribution in [2.45, 2.75) is 13.8 Å². The van der Waals surface area contributed by atoms with E-state index in [0.717, 1.165) is 27.9 Å². The van der Waals surface area contributed by atoms with E-state index in [1.54, 1.807) is 7.11 Å². The van der Waals surface area contributed by atoms with E-state index in [1.807, 2.05) is 54.6 Å². The highest BCUT2D eigenvalue weighted by Crippen LogP contribution is 2.33. The minimum atomic E-state index is 0.648.